The first-order chi connectivity index (χ1) is 20.9. The van der Waals surface area contributed by atoms with Crippen LogP contribution in [0.3, 0.4) is 0 Å². The molecule has 1 unspecified atom stereocenters. The van der Waals surface area contributed by atoms with Crippen molar-refractivity contribution in [2.75, 3.05) is 88.7 Å². The van der Waals surface area contributed by atoms with Crippen LogP contribution in [0, 0.1) is 16.7 Å². The number of rotatable bonds is 30. The average Bonchev–Trinajstić information content (AvgIpc) is 2.97. The Morgan fingerprint density at radius 3 is 1.59 bits per heavy atom. The molecule has 8 nitrogen and oxygen atoms in total. The van der Waals surface area contributed by atoms with Gasteiger partial charge in [0.15, 0.2) is 0 Å². The van der Waals surface area contributed by atoms with Crippen LogP contribution in [0.1, 0.15) is 87.0 Å². The molecule has 0 heterocycles. The van der Waals surface area contributed by atoms with E-state index in [1.807, 2.05) is 26.5 Å². The number of hydrogen-bond acceptors (Lipinski definition) is 12. The normalized spacial score (nSPS) is 13.1. The third-order valence-corrected chi connectivity index (χ3v) is 13.0. The van der Waals surface area contributed by atoms with Crippen molar-refractivity contribution in [2.45, 2.75) is 87.0 Å². The van der Waals surface area contributed by atoms with Gasteiger partial charge in [0, 0.05) is 49.2 Å². The van der Waals surface area contributed by atoms with Crippen LogP contribution in [0.2, 0.25) is 0 Å². The lowest BCUT2D eigenvalue weighted by molar-refractivity contribution is -0.143. The van der Waals surface area contributed by atoms with Crippen molar-refractivity contribution in [3.8, 4) is 0 Å². The van der Waals surface area contributed by atoms with Crippen LogP contribution in [-0.4, -0.2) is 121 Å². The van der Waals surface area contributed by atoms with Gasteiger partial charge in [-0.05, 0) is 42.7 Å². The van der Waals surface area contributed by atoms with E-state index in [4.69, 9.17) is 9.47 Å². The Balaban J connectivity index is 4.51. The van der Waals surface area contributed by atoms with Gasteiger partial charge in [0.25, 0.3) is 0 Å². The van der Waals surface area contributed by atoms with Crippen LogP contribution in [0.5, 0.6) is 0 Å². The first-order valence-corrected chi connectivity index (χ1v) is 21.3. The quantitative estimate of drug-likeness (QED) is 0.0487. The van der Waals surface area contributed by atoms with Crippen LogP contribution in [0.25, 0.3) is 0 Å². The maximum atomic E-state index is 12.5. The highest BCUT2D eigenvalue weighted by atomic mass is 33.1. The van der Waals surface area contributed by atoms with E-state index in [1.54, 1.807) is 21.6 Å². The van der Waals surface area contributed by atoms with E-state index in [-0.39, 0.29) is 38.0 Å². The van der Waals surface area contributed by atoms with Gasteiger partial charge >= 0.3 is 11.9 Å². The zero-order valence-corrected chi connectivity index (χ0v) is 32.0. The van der Waals surface area contributed by atoms with E-state index in [0.29, 0.717) is 56.8 Å². The standard InChI is InChI=1S/C32H64N2O6S4/c1-8-28(3)25-32(6,7)27-44-42-24-22-40-30(38)12-16-33(13-10-14-34(17-19-35)18-20-36)15-11-29(37)39-21-23-41-43-26-31(4,5)9-2/h28,35-36H,8-27H2,1-7H3. The van der Waals surface area contributed by atoms with Crippen LogP contribution < -0.4 is 0 Å². The highest BCUT2D eigenvalue weighted by Crippen LogP contribution is 2.35. The predicted molar refractivity (Wildman–Crippen MR) is 195 cm³/mol. The number of aliphatic hydroxyl groups is 2. The van der Waals surface area contributed by atoms with Crippen molar-refractivity contribution in [1.82, 2.24) is 9.80 Å². The Morgan fingerprint density at radius 1 is 0.705 bits per heavy atom. The summed E-state index contributed by atoms with van der Waals surface area (Å²) in [5, 5.41) is 18.6. The molecular formula is C32H64N2O6S4. The topological polar surface area (TPSA) is 99.5 Å². The van der Waals surface area contributed by atoms with Crippen LogP contribution in [-0.2, 0) is 19.1 Å². The van der Waals surface area contributed by atoms with Gasteiger partial charge in [-0.3, -0.25) is 14.5 Å². The lowest BCUT2D eigenvalue weighted by Crippen LogP contribution is -2.35. The predicted octanol–water partition coefficient (Wildman–Crippen LogP) is 6.49. The molecule has 0 bridgehead atoms. The zero-order chi connectivity index (χ0) is 33.3. The molecule has 0 amide bonds. The fourth-order valence-electron chi connectivity index (χ4n) is 4.26. The van der Waals surface area contributed by atoms with Gasteiger partial charge in [-0.2, -0.15) is 0 Å². The third kappa shape index (κ3) is 26.3. The molecule has 0 aliphatic heterocycles. The maximum Gasteiger partial charge on any atom is 0.307 e. The second-order valence-corrected chi connectivity index (χ2v) is 18.2. The molecule has 0 aromatic carbocycles. The number of carbonyl (C=O) groups is 2. The summed E-state index contributed by atoms with van der Waals surface area (Å²) in [5.41, 5.74) is 0.621. The molecule has 0 saturated carbocycles. The summed E-state index contributed by atoms with van der Waals surface area (Å²) in [6.07, 6.45) is 4.91. The molecular weight excluding hydrogens is 637 g/mol. The van der Waals surface area contributed by atoms with E-state index in [2.05, 4.69) is 53.4 Å². The molecule has 0 aliphatic rings. The molecule has 262 valence electrons. The van der Waals surface area contributed by atoms with Crippen LogP contribution in [0.15, 0.2) is 0 Å². The molecule has 0 aliphatic carbocycles. The van der Waals surface area contributed by atoms with Gasteiger partial charge in [0.1, 0.15) is 13.2 Å². The number of nitrogens with zero attached hydrogens (tertiary/aromatic N) is 2. The molecule has 2 N–H and O–H groups in total. The SMILES string of the molecule is CCC(C)CC(C)(C)CSSCCOC(=O)CCN(CCCN(CCO)CCO)CCC(=O)OCCSSCC(C)(C)CC. The zero-order valence-electron chi connectivity index (χ0n) is 28.8. The van der Waals surface area contributed by atoms with Crippen molar-refractivity contribution in [3.63, 3.8) is 0 Å². The van der Waals surface area contributed by atoms with Gasteiger partial charge in [-0.25, -0.2) is 0 Å². The fourth-order valence-corrected chi connectivity index (χ4v) is 9.46. The minimum absolute atomic E-state index is 0.0428. The molecule has 0 rings (SSSR count). The second-order valence-electron chi connectivity index (χ2n) is 13.0. The lowest BCUT2D eigenvalue weighted by atomic mass is 9.84. The largest absolute Gasteiger partial charge is 0.465 e. The first-order valence-electron chi connectivity index (χ1n) is 16.3. The molecule has 0 aromatic rings. The number of hydrogen-bond donors (Lipinski definition) is 2. The summed E-state index contributed by atoms with van der Waals surface area (Å²) in [4.78, 5) is 29.0. The van der Waals surface area contributed by atoms with Crippen molar-refractivity contribution in [2.24, 2.45) is 16.7 Å². The van der Waals surface area contributed by atoms with Crippen LogP contribution in [0.4, 0.5) is 0 Å². The Bertz CT molecular complexity index is 727. The van der Waals surface area contributed by atoms with Gasteiger partial charge in [-0.1, -0.05) is 104 Å². The van der Waals surface area contributed by atoms with E-state index in [0.717, 1.165) is 48.3 Å². The number of carbonyl (C=O) groups excluding carboxylic acids is 2. The first kappa shape index (κ1) is 44.2. The van der Waals surface area contributed by atoms with Crippen molar-refractivity contribution < 1.29 is 29.3 Å². The van der Waals surface area contributed by atoms with Gasteiger partial charge in [0.05, 0.1) is 26.1 Å². The molecule has 12 heteroatoms. The van der Waals surface area contributed by atoms with E-state index in [9.17, 15) is 19.8 Å². The summed E-state index contributed by atoms with van der Waals surface area (Å²) in [5.74, 6) is 3.98. The monoisotopic (exact) mass is 700 g/mol. The molecule has 0 fully saturated rings. The van der Waals surface area contributed by atoms with E-state index < -0.39 is 0 Å². The van der Waals surface area contributed by atoms with Gasteiger partial charge in [0.2, 0.25) is 0 Å². The molecule has 1 atom stereocenters. The summed E-state index contributed by atoms with van der Waals surface area (Å²) in [6.45, 7) is 20.3. The maximum absolute atomic E-state index is 12.5. The van der Waals surface area contributed by atoms with Crippen molar-refractivity contribution >= 4 is 55.1 Å². The summed E-state index contributed by atoms with van der Waals surface area (Å²) < 4.78 is 10.9. The molecule has 0 aromatic heterocycles. The van der Waals surface area contributed by atoms with Crippen LogP contribution >= 0.6 is 43.2 Å². The molecule has 44 heavy (non-hydrogen) atoms. The fraction of sp³-hybridized carbons (Fsp3) is 0.938. The average molecular weight is 701 g/mol. The molecule has 0 spiro atoms. The minimum atomic E-state index is -0.221. The van der Waals surface area contributed by atoms with Gasteiger partial charge in [-0.15, -0.1) is 0 Å². The summed E-state index contributed by atoms with van der Waals surface area (Å²) in [6, 6.07) is 0. The van der Waals surface area contributed by atoms with Crippen molar-refractivity contribution in [3.05, 3.63) is 0 Å². The third-order valence-electron chi connectivity index (χ3n) is 7.53. The van der Waals surface area contributed by atoms with E-state index >= 15 is 0 Å². The second kappa shape index (κ2) is 27.2. The summed E-state index contributed by atoms with van der Waals surface area (Å²) in [7, 11) is 7.19. The minimum Gasteiger partial charge on any atom is -0.465 e. The highest BCUT2D eigenvalue weighted by molar-refractivity contribution is 8.77. The highest BCUT2D eigenvalue weighted by Gasteiger charge is 2.21. The van der Waals surface area contributed by atoms with E-state index in [1.165, 1.54) is 12.8 Å². The summed E-state index contributed by atoms with van der Waals surface area (Å²) >= 11 is 0. The van der Waals surface area contributed by atoms with Gasteiger partial charge < -0.3 is 24.6 Å². The lowest BCUT2D eigenvalue weighted by Gasteiger charge is -2.27. The smallest absolute Gasteiger partial charge is 0.307 e. The number of esters is 2. The number of aliphatic hydroxyl groups excluding tert-OH is 2. The molecule has 0 radical (unpaired) electrons. The molecule has 0 saturated heterocycles. The Morgan fingerprint density at radius 2 is 1.16 bits per heavy atom. The number of ether oxygens (including phenoxy) is 2. The Kier molecular flexibility index (Phi) is 27.3. The Labute approximate surface area is 285 Å². The van der Waals surface area contributed by atoms with Crippen molar-refractivity contribution in [1.29, 1.82) is 0 Å². The Hall–Kier alpha value is 0.180.